The SMILES string of the molecule is CN(C)S(=O)(=O)C(F)(F)C(F)(F)C(F)F. The van der Waals surface area contributed by atoms with Gasteiger partial charge in [0.15, 0.2) is 0 Å². The van der Waals surface area contributed by atoms with Crippen LogP contribution in [0.4, 0.5) is 26.3 Å². The molecule has 0 saturated carbocycles. The van der Waals surface area contributed by atoms with Crippen molar-refractivity contribution in [2.24, 2.45) is 0 Å². The van der Waals surface area contributed by atoms with Crippen molar-refractivity contribution in [1.82, 2.24) is 4.31 Å². The second kappa shape index (κ2) is 3.81. The lowest BCUT2D eigenvalue weighted by Gasteiger charge is -2.27. The molecule has 0 N–H and O–H groups in total. The van der Waals surface area contributed by atoms with E-state index in [4.69, 9.17) is 0 Å². The first kappa shape index (κ1) is 14.5. The molecule has 0 heterocycles. The van der Waals surface area contributed by atoms with E-state index in [0.29, 0.717) is 14.1 Å². The van der Waals surface area contributed by atoms with Crippen molar-refractivity contribution < 1.29 is 34.8 Å². The maximum Gasteiger partial charge on any atom is 0.426 e. The second-order valence-electron chi connectivity index (χ2n) is 2.73. The highest BCUT2D eigenvalue weighted by Gasteiger charge is 2.71. The summed E-state index contributed by atoms with van der Waals surface area (Å²) in [5, 5.41) is -5.85. The Morgan fingerprint density at radius 3 is 1.60 bits per heavy atom. The number of hydrogen-bond acceptors (Lipinski definition) is 2. The van der Waals surface area contributed by atoms with Crippen molar-refractivity contribution >= 4 is 10.0 Å². The summed E-state index contributed by atoms with van der Waals surface area (Å²) in [6.45, 7) is 0. The van der Waals surface area contributed by atoms with Crippen LogP contribution in [0.1, 0.15) is 0 Å². The van der Waals surface area contributed by atoms with E-state index in [-0.39, 0.29) is 4.31 Å². The molecule has 0 radical (unpaired) electrons. The van der Waals surface area contributed by atoms with Crippen LogP contribution in [0.5, 0.6) is 0 Å². The van der Waals surface area contributed by atoms with Crippen molar-refractivity contribution in [2.45, 2.75) is 17.6 Å². The van der Waals surface area contributed by atoms with Crippen LogP contribution in [-0.2, 0) is 10.0 Å². The Balaban J connectivity index is 5.52. The molecule has 0 spiro atoms. The zero-order valence-electron chi connectivity index (χ0n) is 7.52. The Bertz CT molecular complexity index is 324. The third kappa shape index (κ3) is 2.05. The molecular weight excluding hydrogens is 252 g/mol. The molecule has 3 nitrogen and oxygen atoms in total. The fraction of sp³-hybridized carbons (Fsp3) is 1.00. The zero-order valence-corrected chi connectivity index (χ0v) is 8.33. The van der Waals surface area contributed by atoms with Gasteiger partial charge in [-0.1, -0.05) is 0 Å². The Morgan fingerprint density at radius 1 is 1.07 bits per heavy atom. The minimum atomic E-state index is -5.93. The molecule has 0 aromatic carbocycles. The molecule has 0 aromatic rings. The average Bonchev–Trinajstić information content (AvgIpc) is 2.02. The number of hydrogen-bond donors (Lipinski definition) is 0. The van der Waals surface area contributed by atoms with E-state index in [1.54, 1.807) is 0 Å². The van der Waals surface area contributed by atoms with Gasteiger partial charge in [0.05, 0.1) is 0 Å². The minimum Gasteiger partial charge on any atom is -0.206 e. The largest absolute Gasteiger partial charge is 0.426 e. The van der Waals surface area contributed by atoms with Crippen LogP contribution in [0, 0.1) is 0 Å². The molecule has 0 aliphatic heterocycles. The Labute approximate surface area is 81.7 Å². The van der Waals surface area contributed by atoms with Gasteiger partial charge in [0.2, 0.25) is 0 Å². The first-order valence-electron chi connectivity index (χ1n) is 3.35. The molecule has 0 rings (SSSR count). The standard InChI is InChI=1S/C5H7F6NO2S/c1-12(2)15(13,14)5(10,11)4(8,9)3(6)7/h3H,1-2H3. The molecule has 0 aliphatic rings. The van der Waals surface area contributed by atoms with Crippen LogP contribution in [0.25, 0.3) is 0 Å². The molecule has 0 fully saturated rings. The van der Waals surface area contributed by atoms with E-state index >= 15 is 0 Å². The lowest BCUT2D eigenvalue weighted by Crippen LogP contribution is -2.55. The molecule has 10 heteroatoms. The number of nitrogens with zero attached hydrogens (tertiary/aromatic N) is 1. The molecule has 0 saturated heterocycles. The summed E-state index contributed by atoms with van der Waals surface area (Å²) in [5.41, 5.74) is 0. The third-order valence-corrected chi connectivity index (χ3v) is 3.35. The monoisotopic (exact) mass is 259 g/mol. The van der Waals surface area contributed by atoms with E-state index < -0.39 is 27.6 Å². The highest BCUT2D eigenvalue weighted by Crippen LogP contribution is 2.43. The van der Waals surface area contributed by atoms with Crippen molar-refractivity contribution in [3.63, 3.8) is 0 Å². The predicted molar refractivity (Wildman–Crippen MR) is 38.5 cm³/mol. The van der Waals surface area contributed by atoms with Crippen LogP contribution in [-0.4, -0.2) is 44.4 Å². The molecule has 15 heavy (non-hydrogen) atoms. The number of rotatable bonds is 4. The van der Waals surface area contributed by atoms with Gasteiger partial charge in [0.25, 0.3) is 10.0 Å². The lowest BCUT2D eigenvalue weighted by atomic mass is 10.4. The summed E-state index contributed by atoms with van der Waals surface area (Å²) >= 11 is 0. The lowest BCUT2D eigenvalue weighted by molar-refractivity contribution is -0.226. The summed E-state index contributed by atoms with van der Waals surface area (Å²) in [4.78, 5) is 0. The van der Waals surface area contributed by atoms with Gasteiger partial charge < -0.3 is 0 Å². The van der Waals surface area contributed by atoms with Crippen LogP contribution < -0.4 is 0 Å². The molecule has 0 aliphatic carbocycles. The Kier molecular flexibility index (Phi) is 3.68. The molecule has 0 atom stereocenters. The topological polar surface area (TPSA) is 37.4 Å². The summed E-state index contributed by atoms with van der Waals surface area (Å²) in [6, 6.07) is 0. The van der Waals surface area contributed by atoms with Crippen LogP contribution in [0.2, 0.25) is 0 Å². The molecule has 92 valence electrons. The number of halogens is 6. The van der Waals surface area contributed by atoms with Gasteiger partial charge in [0.1, 0.15) is 0 Å². The number of alkyl halides is 6. The minimum absolute atomic E-state index is 0.247. The summed E-state index contributed by atoms with van der Waals surface area (Å²) in [7, 11) is -4.74. The third-order valence-electron chi connectivity index (χ3n) is 1.47. The summed E-state index contributed by atoms with van der Waals surface area (Å²) < 4.78 is 94.1. The highest BCUT2D eigenvalue weighted by molar-refractivity contribution is 7.90. The molecule has 0 amide bonds. The quantitative estimate of drug-likeness (QED) is 0.715. The molecule has 0 aromatic heterocycles. The summed E-state index contributed by atoms with van der Waals surface area (Å²) in [5.74, 6) is -5.93. The van der Waals surface area contributed by atoms with E-state index in [1.165, 1.54) is 0 Å². The van der Waals surface area contributed by atoms with Crippen LogP contribution in [0.15, 0.2) is 0 Å². The molecule has 0 unspecified atom stereocenters. The predicted octanol–water partition coefficient (Wildman–Crippen LogP) is 1.37. The van der Waals surface area contributed by atoms with Crippen LogP contribution >= 0.6 is 0 Å². The first-order chi connectivity index (χ1) is 6.39. The van der Waals surface area contributed by atoms with Gasteiger partial charge in [-0.15, -0.1) is 0 Å². The van der Waals surface area contributed by atoms with Gasteiger partial charge >= 0.3 is 17.6 Å². The normalized spacial score (nSPS) is 15.1. The van der Waals surface area contributed by atoms with E-state index in [2.05, 4.69) is 0 Å². The fourth-order valence-electron chi connectivity index (χ4n) is 0.528. The average molecular weight is 259 g/mol. The summed E-state index contributed by atoms with van der Waals surface area (Å²) in [6.07, 6.45) is -4.78. The van der Waals surface area contributed by atoms with Gasteiger partial charge in [-0.3, -0.25) is 0 Å². The maximum atomic E-state index is 12.6. The Hall–Kier alpha value is -0.510. The molecule has 0 bridgehead atoms. The van der Waals surface area contributed by atoms with Crippen molar-refractivity contribution in [1.29, 1.82) is 0 Å². The Morgan fingerprint density at radius 2 is 1.40 bits per heavy atom. The zero-order chi connectivity index (χ0) is 12.7. The van der Waals surface area contributed by atoms with Crippen LogP contribution in [0.3, 0.4) is 0 Å². The van der Waals surface area contributed by atoms with E-state index in [1.807, 2.05) is 0 Å². The molecular formula is C5H7F6NO2S. The van der Waals surface area contributed by atoms with Crippen molar-refractivity contribution in [2.75, 3.05) is 14.1 Å². The maximum absolute atomic E-state index is 12.6. The highest BCUT2D eigenvalue weighted by atomic mass is 32.2. The smallest absolute Gasteiger partial charge is 0.206 e. The van der Waals surface area contributed by atoms with Gasteiger partial charge in [0, 0.05) is 14.1 Å². The van der Waals surface area contributed by atoms with E-state index in [0.717, 1.165) is 0 Å². The first-order valence-corrected chi connectivity index (χ1v) is 4.79. The van der Waals surface area contributed by atoms with Crippen molar-refractivity contribution in [3.8, 4) is 0 Å². The van der Waals surface area contributed by atoms with Gasteiger partial charge in [-0.2, -0.15) is 17.6 Å². The number of sulfonamides is 1. The fourth-order valence-corrected chi connectivity index (χ4v) is 1.42. The van der Waals surface area contributed by atoms with Gasteiger partial charge in [-0.05, 0) is 0 Å². The van der Waals surface area contributed by atoms with Gasteiger partial charge in [-0.25, -0.2) is 21.5 Å². The van der Waals surface area contributed by atoms with E-state index in [9.17, 15) is 34.8 Å². The second-order valence-corrected chi connectivity index (χ2v) is 4.92. The van der Waals surface area contributed by atoms with Crippen molar-refractivity contribution in [3.05, 3.63) is 0 Å².